The van der Waals surface area contributed by atoms with Crippen LogP contribution in [0.2, 0.25) is 0 Å². The van der Waals surface area contributed by atoms with Gasteiger partial charge in [0.1, 0.15) is 22.0 Å². The highest BCUT2D eigenvalue weighted by Crippen LogP contribution is 2.54. The summed E-state index contributed by atoms with van der Waals surface area (Å²) in [6.45, 7) is 7.78. The Bertz CT molecular complexity index is 2880. The number of carbonyl (C=O) groups excluding carboxylic acids is 1. The Morgan fingerprint density at radius 3 is 2.54 bits per heavy atom. The molecule has 4 aliphatic rings. The van der Waals surface area contributed by atoms with Crippen molar-refractivity contribution < 1.29 is 31.8 Å². The summed E-state index contributed by atoms with van der Waals surface area (Å²) < 4.78 is 58.1. The number of sulfonamides is 1. The molecule has 9 rings (SSSR count). The van der Waals surface area contributed by atoms with Gasteiger partial charge in [-0.25, -0.2) is 27.5 Å². The van der Waals surface area contributed by atoms with E-state index in [1.165, 1.54) is 43.0 Å². The van der Waals surface area contributed by atoms with E-state index in [0.29, 0.717) is 42.2 Å². The van der Waals surface area contributed by atoms with Crippen LogP contribution in [0.15, 0.2) is 88.5 Å². The van der Waals surface area contributed by atoms with Gasteiger partial charge in [-0.3, -0.25) is 24.0 Å². The highest BCUT2D eigenvalue weighted by atomic mass is 32.2. The number of likely N-dealkylation sites (tertiary alicyclic amines) is 1. The molecular weight excluding hydrogens is 895 g/mol. The highest BCUT2D eigenvalue weighted by molar-refractivity contribution is 7.92. The fraction of sp³-hybridized carbons (Fsp3) is 0.479. The second-order valence-electron chi connectivity index (χ2n) is 19.2. The van der Waals surface area contributed by atoms with Crippen LogP contribution in [0.4, 0.5) is 17.2 Å². The number of aromatic amines is 1. The molecule has 19 heteroatoms. The van der Waals surface area contributed by atoms with E-state index in [-0.39, 0.29) is 47.8 Å². The average Bonchev–Trinajstić information content (AvgIpc) is 3.97. The maximum atomic E-state index is 14.0. The van der Waals surface area contributed by atoms with E-state index in [9.17, 15) is 27.5 Å². The van der Waals surface area contributed by atoms with Crippen LogP contribution in [0.5, 0.6) is 11.5 Å². The fourth-order valence-corrected chi connectivity index (χ4v) is 12.3. The minimum absolute atomic E-state index is 0.0560. The first-order valence-electron chi connectivity index (χ1n) is 23.1. The summed E-state index contributed by atoms with van der Waals surface area (Å²) in [5.41, 5.74) is 4.08. The Kier molecular flexibility index (Phi) is 13.0. The van der Waals surface area contributed by atoms with E-state index >= 15 is 0 Å². The number of ether oxygens (including phenoxy) is 2. The van der Waals surface area contributed by atoms with E-state index in [1.807, 2.05) is 6.07 Å². The van der Waals surface area contributed by atoms with Crippen molar-refractivity contribution in [3.8, 4) is 11.5 Å². The van der Waals surface area contributed by atoms with Crippen LogP contribution < -0.4 is 19.7 Å². The first kappa shape index (κ1) is 46.5. The van der Waals surface area contributed by atoms with Crippen molar-refractivity contribution in [2.24, 2.45) is 9.78 Å². The first-order valence-corrected chi connectivity index (χ1v) is 26.9. The molecule has 17 nitrogen and oxygen atoms in total. The second kappa shape index (κ2) is 18.8. The van der Waals surface area contributed by atoms with Crippen molar-refractivity contribution in [3.63, 3.8) is 0 Å². The summed E-state index contributed by atoms with van der Waals surface area (Å²) >= 11 is 0. The van der Waals surface area contributed by atoms with Crippen molar-refractivity contribution in [1.29, 1.82) is 0 Å². The molecule has 3 N–H and O–H groups in total. The van der Waals surface area contributed by atoms with Crippen LogP contribution in [-0.2, 0) is 24.5 Å². The number of rotatable bonds is 14. The van der Waals surface area contributed by atoms with Crippen LogP contribution in [0.25, 0.3) is 11.0 Å². The van der Waals surface area contributed by atoms with E-state index < -0.39 is 41.2 Å². The molecule has 1 aliphatic carbocycles. The molecule has 6 heterocycles. The smallest absolute Gasteiger partial charge is 0.312 e. The van der Waals surface area contributed by atoms with Gasteiger partial charge in [0, 0.05) is 83.4 Å². The van der Waals surface area contributed by atoms with Crippen molar-refractivity contribution >= 4 is 53.9 Å². The van der Waals surface area contributed by atoms with Crippen LogP contribution in [0, 0.1) is 15.5 Å². The number of pyridine rings is 2. The fourth-order valence-electron chi connectivity index (χ4n) is 10.5. The van der Waals surface area contributed by atoms with Gasteiger partial charge in [0.25, 0.3) is 15.9 Å². The monoisotopic (exact) mass is 953 g/mol. The molecule has 1 amide bonds. The molecule has 0 bridgehead atoms. The number of amides is 1. The summed E-state index contributed by atoms with van der Waals surface area (Å²) in [5.74, 6) is -0.185. The van der Waals surface area contributed by atoms with Gasteiger partial charge in [0.05, 0.1) is 41.6 Å². The van der Waals surface area contributed by atoms with Gasteiger partial charge in [-0.1, -0.05) is 38.1 Å². The van der Waals surface area contributed by atoms with Gasteiger partial charge in [0.2, 0.25) is 5.82 Å². The molecule has 67 heavy (non-hydrogen) atoms. The van der Waals surface area contributed by atoms with Gasteiger partial charge in [-0.2, -0.15) is 0 Å². The van der Waals surface area contributed by atoms with Gasteiger partial charge in [0.15, 0.2) is 0 Å². The van der Waals surface area contributed by atoms with Crippen molar-refractivity contribution in [2.45, 2.75) is 100 Å². The third kappa shape index (κ3) is 10.3. The minimum Gasteiger partial charge on any atom is -0.455 e. The van der Waals surface area contributed by atoms with Crippen LogP contribution in [0.3, 0.4) is 0 Å². The number of hydrogen-bond donors (Lipinski definition) is 3. The second-order valence-corrected chi connectivity index (χ2v) is 23.4. The molecular formula is C48H59N9O8S2. The van der Waals surface area contributed by atoms with Crippen molar-refractivity contribution in [3.05, 3.63) is 106 Å². The summed E-state index contributed by atoms with van der Waals surface area (Å²) in [6, 6.07) is 19.4. The zero-order valence-electron chi connectivity index (χ0n) is 38.4. The predicted molar refractivity (Wildman–Crippen MR) is 258 cm³/mol. The lowest BCUT2D eigenvalue weighted by molar-refractivity contribution is -0.384. The Hall–Kier alpha value is -5.63. The number of nitrogens with zero attached hydrogens (tertiary/aromatic N) is 6. The number of nitro groups is 1. The van der Waals surface area contributed by atoms with Gasteiger partial charge in [-0.05, 0) is 105 Å². The lowest BCUT2D eigenvalue weighted by Gasteiger charge is -2.56. The maximum absolute atomic E-state index is 14.0. The van der Waals surface area contributed by atoms with Gasteiger partial charge in [-0.15, -0.1) is 0 Å². The standard InChI is InChI=1S/C48H59N9O8S2/c1-31(2)39-8-5-6-9-40(39)42-10-7-19-56(42)35-25-48(26-35)16-20-55(21-17-48)34-12-14-41(44(23-34)65-37-22-32-15-18-49-45(32)50-28-37)47(58)54-67(62,63)38-24-43(57(59)60)46(52-29-38)51-27-36-13-11-33(30-64-36)53-66(3,4)61/h5-6,8-9,12,14-15,18,22-24,28-29,31,33,35-36,42H,7,10-11,13,16-17,19-21,25-27,30H2,1-4H3,(H,49,50)(H,51,52)(H,54,58)/t33-,36+,42+/m1/s1. The molecule has 356 valence electrons. The Morgan fingerprint density at radius 2 is 1.81 bits per heavy atom. The molecule has 1 spiro atoms. The number of aromatic nitrogens is 3. The van der Waals surface area contributed by atoms with E-state index in [0.717, 1.165) is 55.8 Å². The number of hydrogen-bond acceptors (Lipinski definition) is 14. The molecule has 5 aromatic rings. The zero-order chi connectivity index (χ0) is 47.1. The molecule has 2 aromatic carbocycles. The van der Waals surface area contributed by atoms with Crippen LogP contribution in [-0.4, -0.2) is 107 Å². The number of piperidine rings is 1. The molecule has 3 aromatic heterocycles. The molecule has 3 aliphatic heterocycles. The lowest BCUT2D eigenvalue weighted by Crippen LogP contribution is -2.54. The first-order chi connectivity index (χ1) is 32.0. The lowest BCUT2D eigenvalue weighted by atomic mass is 9.59. The summed E-state index contributed by atoms with van der Waals surface area (Å²) in [6.07, 6.45) is 15.1. The summed E-state index contributed by atoms with van der Waals surface area (Å²) in [4.78, 5) is 41.5. The average molecular weight is 954 g/mol. The molecule has 3 atom stereocenters. The van der Waals surface area contributed by atoms with E-state index in [1.54, 1.807) is 43.0 Å². The highest BCUT2D eigenvalue weighted by Gasteiger charge is 2.50. The largest absolute Gasteiger partial charge is 0.455 e. The topological polar surface area (TPSA) is 214 Å². The third-order valence-corrected chi connectivity index (χ3v) is 16.0. The Balaban J connectivity index is 0.882. The van der Waals surface area contributed by atoms with Crippen LogP contribution >= 0.6 is 0 Å². The van der Waals surface area contributed by atoms with Crippen molar-refractivity contribution in [1.82, 2.24) is 24.6 Å². The number of carbonyl (C=O) groups is 1. The number of anilines is 2. The van der Waals surface area contributed by atoms with E-state index in [2.05, 4.69) is 77.3 Å². The van der Waals surface area contributed by atoms with Crippen LogP contribution in [0.1, 0.15) is 98.7 Å². The number of nitrogens with one attached hydrogen (secondary N) is 3. The minimum atomic E-state index is -4.66. The molecule has 4 fully saturated rings. The molecule has 3 saturated heterocycles. The zero-order valence-corrected chi connectivity index (χ0v) is 40.0. The SMILES string of the molecule is CC(C)c1ccccc1[C@@H]1CCCN1C1CC2(CCN(c3ccc(C(=O)NS(=O)(=O)c4cnc(NC[C@@H]5CC[C@@H](N=S(C)(C)=O)CO5)c([N+](=O)[O-])c4)c(Oc4cnc5[nH]ccc5c4)c3)CC2)C1. The third-order valence-electron chi connectivity index (χ3n) is 13.9. The summed E-state index contributed by atoms with van der Waals surface area (Å²) in [5, 5.41) is 15.9. The maximum Gasteiger partial charge on any atom is 0.312 e. The number of fused-ring (bicyclic) bond motifs is 1. The molecule has 0 radical (unpaired) electrons. The predicted octanol–water partition coefficient (Wildman–Crippen LogP) is 8.17. The van der Waals surface area contributed by atoms with Gasteiger partial charge < -0.3 is 24.7 Å². The Morgan fingerprint density at radius 1 is 1.01 bits per heavy atom. The summed E-state index contributed by atoms with van der Waals surface area (Å²) in [7, 11) is -6.95. The Labute approximate surface area is 391 Å². The van der Waals surface area contributed by atoms with Crippen molar-refractivity contribution in [2.75, 3.05) is 55.5 Å². The number of benzene rings is 2. The molecule has 1 saturated carbocycles. The number of H-pyrrole nitrogens is 1. The normalized spacial score (nSPS) is 21.3. The van der Waals surface area contributed by atoms with E-state index in [4.69, 9.17) is 9.47 Å². The quantitative estimate of drug-likeness (QED) is 0.0708. The van der Waals surface area contributed by atoms with Gasteiger partial charge >= 0.3 is 5.69 Å². The molecule has 0 unspecified atom stereocenters.